The Morgan fingerprint density at radius 2 is 2.46 bits per heavy atom. The molecule has 13 heavy (non-hydrogen) atoms. The maximum absolute atomic E-state index is 11.1. The Hall–Kier alpha value is -1.20. The molecule has 0 fully saturated rings. The van der Waals surface area contributed by atoms with E-state index in [4.69, 9.17) is 10.5 Å². The van der Waals surface area contributed by atoms with Crippen molar-refractivity contribution in [3.05, 3.63) is 27.9 Å². The molecule has 0 aromatic carbocycles. The molecule has 0 radical (unpaired) electrons. The van der Waals surface area contributed by atoms with Gasteiger partial charge >= 0.3 is 0 Å². The average molecular weight is 183 g/mol. The van der Waals surface area contributed by atoms with E-state index in [2.05, 4.69) is 9.97 Å². The third-order valence-electron chi connectivity index (χ3n) is 1.53. The van der Waals surface area contributed by atoms with E-state index in [-0.39, 0.29) is 5.56 Å². The van der Waals surface area contributed by atoms with Crippen LogP contribution in [0.2, 0.25) is 0 Å². The summed E-state index contributed by atoms with van der Waals surface area (Å²) in [7, 11) is 1.55. The molecule has 5 heteroatoms. The lowest BCUT2D eigenvalue weighted by molar-refractivity contribution is 0.177. The molecule has 0 aliphatic rings. The monoisotopic (exact) mass is 183 g/mol. The Morgan fingerprint density at radius 3 is 3.08 bits per heavy atom. The van der Waals surface area contributed by atoms with Crippen LogP contribution in [0.4, 0.5) is 0 Å². The number of hydrogen-bond acceptors (Lipinski definition) is 4. The van der Waals surface area contributed by atoms with E-state index in [9.17, 15) is 4.79 Å². The molecule has 0 saturated carbocycles. The minimum absolute atomic E-state index is 0.162. The molecule has 1 rings (SSSR count). The molecular formula is C8H13N3O2. The number of ether oxygens (including phenoxy) is 1. The fourth-order valence-electron chi connectivity index (χ4n) is 1.04. The quantitative estimate of drug-likeness (QED) is 0.654. The van der Waals surface area contributed by atoms with Gasteiger partial charge in [0.1, 0.15) is 12.4 Å². The molecule has 0 spiro atoms. The van der Waals surface area contributed by atoms with Gasteiger partial charge in [-0.15, -0.1) is 0 Å². The topological polar surface area (TPSA) is 81.0 Å². The van der Waals surface area contributed by atoms with Crippen LogP contribution in [-0.2, 0) is 17.8 Å². The highest BCUT2D eigenvalue weighted by Gasteiger charge is 1.99. The number of aromatic amines is 1. The van der Waals surface area contributed by atoms with Crippen molar-refractivity contribution >= 4 is 0 Å². The number of hydrogen-bond donors (Lipinski definition) is 2. The highest BCUT2D eigenvalue weighted by Crippen LogP contribution is 1.93. The van der Waals surface area contributed by atoms with Crippen molar-refractivity contribution in [3.63, 3.8) is 0 Å². The van der Waals surface area contributed by atoms with E-state index in [1.807, 2.05) is 0 Å². The summed E-state index contributed by atoms with van der Waals surface area (Å²) < 4.78 is 4.85. The van der Waals surface area contributed by atoms with Gasteiger partial charge in [0.25, 0.3) is 5.56 Å². The molecule has 1 heterocycles. The molecule has 0 aliphatic carbocycles. The largest absolute Gasteiger partial charge is 0.377 e. The van der Waals surface area contributed by atoms with Crippen LogP contribution in [0.15, 0.2) is 10.9 Å². The summed E-state index contributed by atoms with van der Waals surface area (Å²) in [4.78, 5) is 17.8. The van der Waals surface area contributed by atoms with E-state index in [1.165, 1.54) is 6.07 Å². The molecular weight excluding hydrogens is 170 g/mol. The molecule has 0 atom stereocenters. The van der Waals surface area contributed by atoms with Crippen molar-refractivity contribution in [2.24, 2.45) is 5.73 Å². The van der Waals surface area contributed by atoms with Gasteiger partial charge in [-0.1, -0.05) is 0 Å². The highest BCUT2D eigenvalue weighted by molar-refractivity contribution is 5.02. The van der Waals surface area contributed by atoms with Crippen LogP contribution in [0.25, 0.3) is 0 Å². The summed E-state index contributed by atoms with van der Waals surface area (Å²) in [5.41, 5.74) is 5.90. The summed E-state index contributed by atoms with van der Waals surface area (Å²) in [5.74, 6) is 0.540. The van der Waals surface area contributed by atoms with Crippen LogP contribution < -0.4 is 11.3 Å². The number of nitrogens with two attached hydrogens (primary N) is 1. The first-order valence-electron chi connectivity index (χ1n) is 4.04. The molecule has 5 nitrogen and oxygen atoms in total. The predicted molar refractivity (Wildman–Crippen MR) is 48.3 cm³/mol. The van der Waals surface area contributed by atoms with Gasteiger partial charge in [-0.2, -0.15) is 0 Å². The van der Waals surface area contributed by atoms with Crippen molar-refractivity contribution in [1.82, 2.24) is 9.97 Å². The first-order valence-corrected chi connectivity index (χ1v) is 4.04. The van der Waals surface area contributed by atoms with Crippen LogP contribution in [0, 0.1) is 0 Å². The summed E-state index contributed by atoms with van der Waals surface area (Å²) in [6.07, 6.45) is 0.612. The SMILES string of the molecule is COCc1nc(CCN)cc(=O)[nH]1. The maximum Gasteiger partial charge on any atom is 0.251 e. The first-order chi connectivity index (χ1) is 6.26. The molecule has 0 bridgehead atoms. The maximum atomic E-state index is 11.1. The van der Waals surface area contributed by atoms with Gasteiger partial charge in [-0.05, 0) is 6.54 Å². The summed E-state index contributed by atoms with van der Waals surface area (Å²) in [6.45, 7) is 0.802. The van der Waals surface area contributed by atoms with E-state index in [0.717, 1.165) is 0 Å². The predicted octanol–water partition coefficient (Wildman–Crippen LogP) is -0.582. The van der Waals surface area contributed by atoms with Gasteiger partial charge in [-0.3, -0.25) is 4.79 Å². The zero-order valence-corrected chi connectivity index (χ0v) is 7.54. The molecule has 0 aliphatic heterocycles. The minimum Gasteiger partial charge on any atom is -0.377 e. The fourth-order valence-corrected chi connectivity index (χ4v) is 1.04. The number of H-pyrrole nitrogens is 1. The normalized spacial score (nSPS) is 10.3. The van der Waals surface area contributed by atoms with Crippen LogP contribution in [0.1, 0.15) is 11.5 Å². The molecule has 72 valence electrons. The zero-order chi connectivity index (χ0) is 9.68. The third-order valence-corrected chi connectivity index (χ3v) is 1.53. The number of aromatic nitrogens is 2. The molecule has 0 unspecified atom stereocenters. The second kappa shape index (κ2) is 4.74. The van der Waals surface area contributed by atoms with Crippen LogP contribution in [0.3, 0.4) is 0 Å². The Kier molecular flexibility index (Phi) is 3.60. The Labute approximate surface area is 75.9 Å². The van der Waals surface area contributed by atoms with E-state index >= 15 is 0 Å². The van der Waals surface area contributed by atoms with E-state index in [0.29, 0.717) is 31.1 Å². The third kappa shape index (κ3) is 2.96. The van der Waals surface area contributed by atoms with Crippen LogP contribution in [0.5, 0.6) is 0 Å². The van der Waals surface area contributed by atoms with Gasteiger partial charge in [-0.25, -0.2) is 4.98 Å². The second-order valence-electron chi connectivity index (χ2n) is 2.66. The second-order valence-corrected chi connectivity index (χ2v) is 2.66. The number of rotatable bonds is 4. The van der Waals surface area contributed by atoms with Crippen molar-refractivity contribution in [3.8, 4) is 0 Å². The van der Waals surface area contributed by atoms with Gasteiger partial charge in [0.15, 0.2) is 0 Å². The van der Waals surface area contributed by atoms with E-state index < -0.39 is 0 Å². The lowest BCUT2D eigenvalue weighted by Crippen LogP contribution is -2.15. The van der Waals surface area contributed by atoms with Gasteiger partial charge < -0.3 is 15.5 Å². The van der Waals surface area contributed by atoms with Gasteiger partial charge in [0.2, 0.25) is 0 Å². The zero-order valence-electron chi connectivity index (χ0n) is 7.54. The van der Waals surface area contributed by atoms with E-state index in [1.54, 1.807) is 7.11 Å². The van der Waals surface area contributed by atoms with Gasteiger partial charge in [0, 0.05) is 25.3 Å². The first kappa shape index (κ1) is 9.88. The average Bonchev–Trinajstić information content (AvgIpc) is 2.04. The molecule has 0 amide bonds. The Bertz CT molecular complexity index is 294. The van der Waals surface area contributed by atoms with Crippen molar-refractivity contribution in [2.45, 2.75) is 13.0 Å². The minimum atomic E-state index is -0.162. The molecule has 0 saturated heterocycles. The molecule has 1 aromatic rings. The number of nitrogens with one attached hydrogen (secondary N) is 1. The summed E-state index contributed by atoms with van der Waals surface area (Å²) in [5, 5.41) is 0. The van der Waals surface area contributed by atoms with Gasteiger partial charge in [0.05, 0.1) is 0 Å². The molecule has 1 aromatic heterocycles. The molecule has 3 N–H and O–H groups in total. The lowest BCUT2D eigenvalue weighted by Gasteiger charge is -2.01. The van der Waals surface area contributed by atoms with Crippen LogP contribution in [-0.4, -0.2) is 23.6 Å². The standard InChI is InChI=1S/C8H13N3O2/c1-13-5-7-10-6(2-3-9)4-8(12)11-7/h4H,2-3,5,9H2,1H3,(H,10,11,12). The Morgan fingerprint density at radius 1 is 1.69 bits per heavy atom. The van der Waals surface area contributed by atoms with Crippen molar-refractivity contribution < 1.29 is 4.74 Å². The Balaban J connectivity index is 2.90. The summed E-state index contributed by atoms with van der Waals surface area (Å²) >= 11 is 0. The van der Waals surface area contributed by atoms with Crippen LogP contribution >= 0.6 is 0 Å². The number of nitrogens with zero attached hydrogens (tertiary/aromatic N) is 1. The smallest absolute Gasteiger partial charge is 0.251 e. The fraction of sp³-hybridized carbons (Fsp3) is 0.500. The highest BCUT2D eigenvalue weighted by atomic mass is 16.5. The lowest BCUT2D eigenvalue weighted by atomic mass is 10.3. The van der Waals surface area contributed by atoms with Crippen molar-refractivity contribution in [1.29, 1.82) is 0 Å². The van der Waals surface area contributed by atoms with Crippen molar-refractivity contribution in [2.75, 3.05) is 13.7 Å². The number of methoxy groups -OCH3 is 1. The summed E-state index contributed by atoms with van der Waals surface area (Å²) in [6, 6.07) is 1.45.